The van der Waals surface area contributed by atoms with Crippen molar-refractivity contribution < 1.29 is 33.8 Å². The zero-order chi connectivity index (χ0) is 23.9. The molecule has 0 aliphatic rings. The molecule has 2 unspecified atom stereocenters. The van der Waals surface area contributed by atoms with Gasteiger partial charge in [0.25, 0.3) is 0 Å². The molecule has 0 rings (SSSR count). The van der Waals surface area contributed by atoms with Crippen molar-refractivity contribution in [3.63, 3.8) is 0 Å². The van der Waals surface area contributed by atoms with Crippen molar-refractivity contribution in [1.29, 1.82) is 0 Å². The number of ether oxygens (including phenoxy) is 2. The lowest BCUT2D eigenvalue weighted by Crippen LogP contribution is -2.38. The summed E-state index contributed by atoms with van der Waals surface area (Å²) in [4.78, 5) is 45.7. The average molecular weight is 444 g/mol. The number of nitrogens with one attached hydrogen (secondary N) is 1. The third kappa shape index (κ3) is 17.3. The van der Waals surface area contributed by atoms with Gasteiger partial charge in [0.05, 0.1) is 5.92 Å². The molecule has 0 aromatic heterocycles. The fourth-order valence-electron chi connectivity index (χ4n) is 2.99. The first-order valence-electron chi connectivity index (χ1n) is 11.4. The predicted molar refractivity (Wildman–Crippen MR) is 118 cm³/mol. The second-order valence-corrected chi connectivity index (χ2v) is 9.04. The van der Waals surface area contributed by atoms with Crippen LogP contribution in [0.5, 0.6) is 0 Å². The summed E-state index contributed by atoms with van der Waals surface area (Å²) in [7, 11) is 0. The van der Waals surface area contributed by atoms with Crippen LogP contribution in [0.1, 0.15) is 105 Å². The molecule has 0 bridgehead atoms. The molecule has 0 aromatic rings. The SMILES string of the molecule is CCC(CCCCCCCC(C)C(=O)OC(=O)CCCC(=O)O)NC(=O)OC(C)(C)C. The fraction of sp³-hybridized carbons (Fsp3) is 0.826. The number of carboxylic acids is 1. The van der Waals surface area contributed by atoms with Gasteiger partial charge in [-0.3, -0.25) is 14.4 Å². The van der Waals surface area contributed by atoms with Gasteiger partial charge in [-0.25, -0.2) is 4.79 Å². The second-order valence-electron chi connectivity index (χ2n) is 9.04. The Kier molecular flexibility index (Phi) is 14.6. The number of hydrogen-bond donors (Lipinski definition) is 2. The van der Waals surface area contributed by atoms with Crippen molar-refractivity contribution in [3.05, 3.63) is 0 Å². The van der Waals surface area contributed by atoms with Crippen LogP contribution in [0.25, 0.3) is 0 Å². The molecule has 0 fully saturated rings. The van der Waals surface area contributed by atoms with Gasteiger partial charge >= 0.3 is 24.0 Å². The smallest absolute Gasteiger partial charge is 0.407 e. The van der Waals surface area contributed by atoms with E-state index in [1.807, 2.05) is 27.7 Å². The molecule has 0 heterocycles. The molecular formula is C23H41NO7. The van der Waals surface area contributed by atoms with E-state index >= 15 is 0 Å². The fourth-order valence-corrected chi connectivity index (χ4v) is 2.99. The van der Waals surface area contributed by atoms with Crippen molar-refractivity contribution >= 4 is 24.0 Å². The molecule has 2 atom stereocenters. The number of amides is 1. The summed E-state index contributed by atoms with van der Waals surface area (Å²) >= 11 is 0. The van der Waals surface area contributed by atoms with E-state index in [0.717, 1.165) is 44.9 Å². The van der Waals surface area contributed by atoms with Gasteiger partial charge in [-0.05, 0) is 46.5 Å². The van der Waals surface area contributed by atoms with Crippen molar-refractivity contribution in [1.82, 2.24) is 5.32 Å². The monoisotopic (exact) mass is 443 g/mol. The maximum absolute atomic E-state index is 11.9. The first kappa shape index (κ1) is 28.9. The van der Waals surface area contributed by atoms with E-state index in [-0.39, 0.29) is 37.3 Å². The van der Waals surface area contributed by atoms with Crippen LogP contribution < -0.4 is 5.32 Å². The van der Waals surface area contributed by atoms with E-state index in [9.17, 15) is 19.2 Å². The number of unbranched alkanes of at least 4 members (excludes halogenated alkanes) is 4. The number of hydrogen-bond acceptors (Lipinski definition) is 6. The second kappa shape index (κ2) is 15.6. The molecular weight excluding hydrogens is 402 g/mol. The number of aliphatic carboxylic acids is 1. The van der Waals surface area contributed by atoms with Gasteiger partial charge in [-0.15, -0.1) is 0 Å². The van der Waals surface area contributed by atoms with Gasteiger partial charge in [0.2, 0.25) is 0 Å². The summed E-state index contributed by atoms with van der Waals surface area (Å²) in [5.74, 6) is -2.54. The summed E-state index contributed by atoms with van der Waals surface area (Å²) < 4.78 is 10.1. The van der Waals surface area contributed by atoms with Crippen LogP contribution >= 0.6 is 0 Å². The minimum absolute atomic E-state index is 0.0632. The maximum atomic E-state index is 11.9. The highest BCUT2D eigenvalue weighted by Crippen LogP contribution is 2.15. The number of esters is 2. The normalized spacial score (nSPS) is 13.2. The maximum Gasteiger partial charge on any atom is 0.407 e. The number of carboxylic acid groups (broad SMARTS) is 1. The molecule has 180 valence electrons. The van der Waals surface area contributed by atoms with Gasteiger partial charge < -0.3 is 19.9 Å². The molecule has 31 heavy (non-hydrogen) atoms. The number of rotatable bonds is 15. The van der Waals surface area contributed by atoms with E-state index in [1.54, 1.807) is 6.92 Å². The number of alkyl carbamates (subject to hydrolysis) is 1. The molecule has 0 saturated carbocycles. The molecule has 8 heteroatoms. The first-order chi connectivity index (χ1) is 14.4. The number of carbonyl (C=O) groups excluding carboxylic acids is 3. The molecule has 2 N–H and O–H groups in total. The van der Waals surface area contributed by atoms with E-state index in [0.29, 0.717) is 6.42 Å². The van der Waals surface area contributed by atoms with Crippen molar-refractivity contribution in [2.24, 2.45) is 5.92 Å². The van der Waals surface area contributed by atoms with Crippen molar-refractivity contribution in [2.75, 3.05) is 0 Å². The Bertz CT molecular complexity index is 569. The molecule has 0 saturated heterocycles. The summed E-state index contributed by atoms with van der Waals surface area (Å²) in [6.07, 6.45) is 6.99. The summed E-state index contributed by atoms with van der Waals surface area (Å²) in [6, 6.07) is 0.109. The largest absolute Gasteiger partial charge is 0.481 e. The Morgan fingerprint density at radius 1 is 0.903 bits per heavy atom. The molecule has 0 aromatic carbocycles. The van der Waals surface area contributed by atoms with Crippen LogP contribution in [0.4, 0.5) is 4.79 Å². The Morgan fingerprint density at radius 2 is 1.48 bits per heavy atom. The van der Waals surface area contributed by atoms with Gasteiger partial charge in [0.1, 0.15) is 5.60 Å². The van der Waals surface area contributed by atoms with Crippen LogP contribution in [-0.4, -0.2) is 40.8 Å². The van der Waals surface area contributed by atoms with Crippen LogP contribution in [-0.2, 0) is 23.9 Å². The van der Waals surface area contributed by atoms with E-state index < -0.39 is 23.5 Å². The Morgan fingerprint density at radius 3 is 2.03 bits per heavy atom. The average Bonchev–Trinajstić information content (AvgIpc) is 2.64. The van der Waals surface area contributed by atoms with Crippen LogP contribution in [0.15, 0.2) is 0 Å². The topological polar surface area (TPSA) is 119 Å². The van der Waals surface area contributed by atoms with Crippen molar-refractivity contribution in [3.8, 4) is 0 Å². The first-order valence-corrected chi connectivity index (χ1v) is 11.4. The summed E-state index contributed by atoms with van der Waals surface area (Å²) in [6.45, 7) is 9.30. The third-order valence-electron chi connectivity index (χ3n) is 4.79. The molecule has 1 amide bonds. The highest BCUT2D eigenvalue weighted by molar-refractivity contribution is 5.86. The lowest BCUT2D eigenvalue weighted by atomic mass is 10.0. The van der Waals surface area contributed by atoms with E-state index in [1.165, 1.54) is 0 Å². The molecule has 8 nitrogen and oxygen atoms in total. The van der Waals surface area contributed by atoms with Gasteiger partial charge in [-0.1, -0.05) is 46.0 Å². The predicted octanol–water partition coefficient (Wildman–Crippen LogP) is 4.98. The Balaban J connectivity index is 3.86. The standard InChI is InChI=1S/C23H41NO7/c1-6-18(24-22(29)31-23(3,4)5)14-11-9-7-8-10-13-17(2)21(28)30-20(27)16-12-15-19(25)26/h17-18H,6-16H2,1-5H3,(H,24,29)(H,25,26). The summed E-state index contributed by atoms with van der Waals surface area (Å²) in [5.41, 5.74) is -0.500. The Hall–Kier alpha value is -2.12. The zero-order valence-corrected chi connectivity index (χ0v) is 19.8. The molecule has 0 spiro atoms. The highest BCUT2D eigenvalue weighted by atomic mass is 16.6. The van der Waals surface area contributed by atoms with Crippen LogP contribution in [0, 0.1) is 5.92 Å². The highest BCUT2D eigenvalue weighted by Gasteiger charge is 2.19. The van der Waals surface area contributed by atoms with Gasteiger partial charge in [0.15, 0.2) is 0 Å². The quantitative estimate of drug-likeness (QED) is 0.208. The summed E-state index contributed by atoms with van der Waals surface area (Å²) in [5, 5.41) is 11.5. The molecule has 0 aliphatic carbocycles. The minimum Gasteiger partial charge on any atom is -0.481 e. The third-order valence-corrected chi connectivity index (χ3v) is 4.79. The van der Waals surface area contributed by atoms with Gasteiger partial charge in [-0.2, -0.15) is 0 Å². The van der Waals surface area contributed by atoms with E-state index in [2.05, 4.69) is 5.32 Å². The zero-order valence-electron chi connectivity index (χ0n) is 19.8. The van der Waals surface area contributed by atoms with Crippen molar-refractivity contribution in [2.45, 2.75) is 117 Å². The number of carbonyl (C=O) groups is 4. The molecule has 0 aliphatic heterocycles. The van der Waals surface area contributed by atoms with Crippen LogP contribution in [0.2, 0.25) is 0 Å². The van der Waals surface area contributed by atoms with Crippen LogP contribution in [0.3, 0.4) is 0 Å². The Labute approximate surface area is 186 Å². The van der Waals surface area contributed by atoms with Gasteiger partial charge in [0, 0.05) is 18.9 Å². The lowest BCUT2D eigenvalue weighted by molar-refractivity contribution is -0.162. The van der Waals surface area contributed by atoms with E-state index in [4.69, 9.17) is 14.6 Å². The molecule has 0 radical (unpaired) electrons. The minimum atomic E-state index is -0.975. The lowest BCUT2D eigenvalue weighted by Gasteiger charge is -2.23.